The van der Waals surface area contributed by atoms with Gasteiger partial charge in [-0.1, -0.05) is 24.3 Å². The van der Waals surface area contributed by atoms with Gasteiger partial charge in [-0.2, -0.15) is 0 Å². The highest BCUT2D eigenvalue weighted by Gasteiger charge is 2.41. The number of ketones is 2. The summed E-state index contributed by atoms with van der Waals surface area (Å²) in [6.45, 7) is 9.92. The summed E-state index contributed by atoms with van der Waals surface area (Å²) in [5.74, 6) is -2.03. The van der Waals surface area contributed by atoms with Gasteiger partial charge in [0.2, 0.25) is 0 Å². The lowest BCUT2D eigenvalue weighted by Crippen LogP contribution is -2.56. The predicted molar refractivity (Wildman–Crippen MR) is 129 cm³/mol. The van der Waals surface area contributed by atoms with E-state index >= 15 is 0 Å². The number of hydrogen-bond acceptors (Lipinski definition) is 8. The molecule has 0 atom stereocenters. The molecular formula is C24H32N2O8S. The zero-order valence-electron chi connectivity index (χ0n) is 20.7. The third kappa shape index (κ3) is 9.16. The highest BCUT2D eigenvalue weighted by Crippen LogP contribution is 2.24. The molecule has 2 rings (SSSR count). The van der Waals surface area contributed by atoms with Crippen molar-refractivity contribution in [3.8, 4) is 0 Å². The Hall–Kier alpha value is -3.21. The van der Waals surface area contributed by atoms with Crippen LogP contribution in [0.1, 0.15) is 41.5 Å². The lowest BCUT2D eigenvalue weighted by molar-refractivity contribution is -0.111. The number of alkyl carbamates (subject to hydrolysis) is 2. The summed E-state index contributed by atoms with van der Waals surface area (Å²) in [5, 5.41) is 5.05. The average molecular weight is 509 g/mol. The van der Waals surface area contributed by atoms with Crippen molar-refractivity contribution in [3.63, 3.8) is 0 Å². The van der Waals surface area contributed by atoms with Gasteiger partial charge in [-0.25, -0.2) is 18.0 Å². The standard InChI is InChI=1S/C24H32N2O8S/c1-21(2,3)33-19(29)25-23(11-7-17(27)8-12-23)15-35(31,32)16-24(13-9-18(28)10-14-24)26-20(30)34-22(4,5)6/h7-14H,15-16H2,1-6H3,(H,25,29)(H,26,30). The minimum absolute atomic E-state index is 0.372. The minimum atomic E-state index is -4.08. The average Bonchev–Trinajstić information content (AvgIpc) is 2.62. The number of allylic oxidation sites excluding steroid dienone is 4. The van der Waals surface area contributed by atoms with Crippen LogP contribution in [0.4, 0.5) is 9.59 Å². The second-order valence-electron chi connectivity index (χ2n) is 10.5. The van der Waals surface area contributed by atoms with Gasteiger partial charge in [0.25, 0.3) is 0 Å². The first-order valence-electron chi connectivity index (χ1n) is 10.9. The highest BCUT2D eigenvalue weighted by atomic mass is 32.2. The van der Waals surface area contributed by atoms with E-state index in [1.807, 2.05) is 0 Å². The summed E-state index contributed by atoms with van der Waals surface area (Å²) < 4.78 is 37.3. The zero-order valence-corrected chi connectivity index (χ0v) is 21.5. The number of nitrogens with one attached hydrogen (secondary N) is 2. The summed E-state index contributed by atoms with van der Waals surface area (Å²) in [6.07, 6.45) is 7.98. The summed E-state index contributed by atoms with van der Waals surface area (Å²) in [6, 6.07) is 0. The molecule has 2 aliphatic rings. The largest absolute Gasteiger partial charge is 0.444 e. The van der Waals surface area contributed by atoms with Gasteiger partial charge >= 0.3 is 12.2 Å². The molecule has 0 aliphatic heterocycles. The lowest BCUT2D eigenvalue weighted by atomic mass is 9.95. The fourth-order valence-corrected chi connectivity index (χ4v) is 5.43. The number of ether oxygens (including phenoxy) is 2. The maximum Gasteiger partial charge on any atom is 0.408 e. The fraction of sp³-hybridized carbons (Fsp3) is 0.500. The molecule has 35 heavy (non-hydrogen) atoms. The van der Waals surface area contributed by atoms with Crippen LogP contribution in [0.3, 0.4) is 0 Å². The Morgan fingerprint density at radius 2 is 1.00 bits per heavy atom. The number of hydrogen-bond donors (Lipinski definition) is 2. The Morgan fingerprint density at radius 1 is 0.714 bits per heavy atom. The molecular weight excluding hydrogens is 476 g/mol. The number of carbonyl (C=O) groups excluding carboxylic acids is 4. The normalized spacial score (nSPS) is 18.8. The summed E-state index contributed by atoms with van der Waals surface area (Å²) in [7, 11) is -4.08. The van der Waals surface area contributed by atoms with Gasteiger partial charge in [0, 0.05) is 0 Å². The van der Waals surface area contributed by atoms with Gasteiger partial charge in [-0.15, -0.1) is 0 Å². The van der Waals surface area contributed by atoms with Crippen LogP contribution >= 0.6 is 0 Å². The summed E-state index contributed by atoms with van der Waals surface area (Å²) in [5.41, 5.74) is -4.82. The summed E-state index contributed by atoms with van der Waals surface area (Å²) >= 11 is 0. The minimum Gasteiger partial charge on any atom is -0.444 e. The predicted octanol–water partition coefficient (Wildman–Crippen LogP) is 2.32. The Balaban J connectivity index is 2.34. The van der Waals surface area contributed by atoms with Gasteiger partial charge in [-0.3, -0.25) is 9.59 Å². The van der Waals surface area contributed by atoms with E-state index in [4.69, 9.17) is 9.47 Å². The van der Waals surface area contributed by atoms with Gasteiger partial charge < -0.3 is 20.1 Å². The summed E-state index contributed by atoms with van der Waals surface area (Å²) in [4.78, 5) is 48.3. The SMILES string of the molecule is CC(C)(C)OC(=O)NC1(CS(=O)(=O)CC2(NC(=O)OC(C)(C)C)C=CC(=O)C=C2)C=CC(=O)C=C1. The maximum atomic E-state index is 13.4. The molecule has 2 amide bonds. The van der Waals surface area contributed by atoms with E-state index in [0.717, 1.165) is 24.3 Å². The van der Waals surface area contributed by atoms with Gasteiger partial charge in [0.15, 0.2) is 21.4 Å². The maximum absolute atomic E-state index is 13.4. The van der Waals surface area contributed by atoms with Crippen LogP contribution < -0.4 is 10.6 Å². The monoisotopic (exact) mass is 508 g/mol. The first-order valence-corrected chi connectivity index (χ1v) is 12.7. The van der Waals surface area contributed by atoms with Crippen molar-refractivity contribution in [1.82, 2.24) is 10.6 Å². The fourth-order valence-electron chi connectivity index (χ4n) is 3.34. The van der Waals surface area contributed by atoms with Crippen LogP contribution in [0.15, 0.2) is 48.6 Å². The quantitative estimate of drug-likeness (QED) is 0.556. The first kappa shape index (κ1) is 28.0. The van der Waals surface area contributed by atoms with Crippen molar-refractivity contribution in [2.45, 2.75) is 63.8 Å². The molecule has 11 heteroatoms. The molecule has 0 aromatic heterocycles. The molecule has 0 bridgehead atoms. The van der Waals surface area contributed by atoms with Crippen LogP contribution in [-0.4, -0.2) is 66.0 Å². The zero-order chi connectivity index (χ0) is 26.7. The number of rotatable bonds is 6. The van der Waals surface area contributed by atoms with Gasteiger partial charge in [0.1, 0.15) is 11.2 Å². The highest BCUT2D eigenvalue weighted by molar-refractivity contribution is 7.91. The Labute approximate surface area is 205 Å². The van der Waals surface area contributed by atoms with E-state index in [2.05, 4.69) is 10.6 Å². The van der Waals surface area contributed by atoms with Crippen molar-refractivity contribution in [3.05, 3.63) is 48.6 Å². The van der Waals surface area contributed by atoms with E-state index in [1.165, 1.54) is 24.3 Å². The van der Waals surface area contributed by atoms with Crippen molar-refractivity contribution in [1.29, 1.82) is 0 Å². The van der Waals surface area contributed by atoms with Crippen molar-refractivity contribution in [2.75, 3.05) is 11.5 Å². The van der Waals surface area contributed by atoms with Crippen LogP contribution in [-0.2, 0) is 28.9 Å². The molecule has 2 aliphatic carbocycles. The van der Waals surface area contributed by atoms with E-state index in [0.29, 0.717) is 0 Å². The second kappa shape index (κ2) is 9.80. The van der Waals surface area contributed by atoms with Crippen molar-refractivity contribution in [2.24, 2.45) is 0 Å². The smallest absolute Gasteiger partial charge is 0.408 e. The van der Waals surface area contributed by atoms with Crippen LogP contribution in [0.25, 0.3) is 0 Å². The van der Waals surface area contributed by atoms with Crippen molar-refractivity contribution < 1.29 is 37.1 Å². The molecule has 0 heterocycles. The Bertz CT molecular complexity index is 1000. The van der Waals surface area contributed by atoms with Crippen LogP contribution in [0.2, 0.25) is 0 Å². The molecule has 0 saturated carbocycles. The molecule has 0 aromatic carbocycles. The molecule has 2 N–H and O–H groups in total. The third-order valence-electron chi connectivity index (χ3n) is 4.56. The Kier molecular flexibility index (Phi) is 7.85. The topological polar surface area (TPSA) is 145 Å². The molecule has 0 aromatic rings. The van der Waals surface area contributed by atoms with E-state index in [1.54, 1.807) is 41.5 Å². The number of sulfone groups is 1. The molecule has 0 spiro atoms. The van der Waals surface area contributed by atoms with E-state index < -0.39 is 55.8 Å². The van der Waals surface area contributed by atoms with Gasteiger partial charge in [-0.05, 0) is 65.8 Å². The molecule has 0 unspecified atom stereocenters. The third-order valence-corrected chi connectivity index (χ3v) is 6.40. The number of amides is 2. The molecule has 0 saturated heterocycles. The molecule has 10 nitrogen and oxygen atoms in total. The van der Waals surface area contributed by atoms with Crippen LogP contribution in [0, 0.1) is 0 Å². The second-order valence-corrected chi connectivity index (χ2v) is 12.6. The van der Waals surface area contributed by atoms with Gasteiger partial charge in [0.05, 0.1) is 22.6 Å². The molecule has 192 valence electrons. The van der Waals surface area contributed by atoms with Crippen LogP contribution in [0.5, 0.6) is 0 Å². The first-order chi connectivity index (χ1) is 15.8. The Morgan fingerprint density at radius 3 is 1.26 bits per heavy atom. The molecule has 0 fully saturated rings. The molecule has 0 radical (unpaired) electrons. The number of carbonyl (C=O) groups is 4. The van der Waals surface area contributed by atoms with Crippen molar-refractivity contribution >= 4 is 33.6 Å². The lowest BCUT2D eigenvalue weighted by Gasteiger charge is -2.34. The van der Waals surface area contributed by atoms with E-state index in [9.17, 15) is 27.6 Å². The van der Waals surface area contributed by atoms with E-state index in [-0.39, 0.29) is 11.6 Å².